The first-order chi connectivity index (χ1) is 8.61. The summed E-state index contributed by atoms with van der Waals surface area (Å²) in [4.78, 5) is 15.0. The Balaban J connectivity index is 2.40. The number of aromatic nitrogens is 2. The molecule has 0 saturated carbocycles. The minimum absolute atomic E-state index is 0.187. The van der Waals surface area contributed by atoms with Crippen LogP contribution in [0.2, 0.25) is 0 Å². The molecule has 0 spiro atoms. The van der Waals surface area contributed by atoms with Crippen LogP contribution in [-0.4, -0.2) is 23.3 Å². The number of nitrogens with zero attached hydrogens (tertiary/aromatic N) is 2. The van der Waals surface area contributed by atoms with Gasteiger partial charge in [0.15, 0.2) is 0 Å². The Kier molecular flexibility index (Phi) is 3.13. The summed E-state index contributed by atoms with van der Waals surface area (Å²) in [6.07, 6.45) is 0.704. The molecule has 2 aromatic rings. The van der Waals surface area contributed by atoms with Crippen molar-refractivity contribution in [3.05, 3.63) is 24.0 Å². The van der Waals surface area contributed by atoms with Gasteiger partial charge in [-0.15, -0.1) is 0 Å². The first-order valence-electron chi connectivity index (χ1n) is 5.19. The minimum Gasteiger partial charge on any atom is -0.404 e. The van der Waals surface area contributed by atoms with Crippen LogP contribution < -0.4 is 15.8 Å². The number of primary amides is 1. The van der Waals surface area contributed by atoms with Crippen molar-refractivity contribution in [2.24, 2.45) is 5.73 Å². The van der Waals surface area contributed by atoms with E-state index in [1.807, 2.05) is 6.07 Å². The van der Waals surface area contributed by atoms with Gasteiger partial charge in [-0.05, 0) is 19.1 Å². The van der Waals surface area contributed by atoms with E-state index in [9.17, 15) is 4.79 Å². The second-order valence-corrected chi connectivity index (χ2v) is 3.53. The molecule has 0 saturated heterocycles. The van der Waals surface area contributed by atoms with Crippen LogP contribution in [0, 0.1) is 6.92 Å². The quantitative estimate of drug-likeness (QED) is 0.853. The molecule has 2 heterocycles. The molecule has 94 valence electrons. The fourth-order valence-corrected chi connectivity index (χ4v) is 1.42. The number of amides is 1. The monoisotopic (exact) mass is 248 g/mol. The number of carbonyl (C=O) groups excluding carboxylic acids is 1. The average Bonchev–Trinajstić information content (AvgIpc) is 2.71. The highest BCUT2D eigenvalue weighted by atomic mass is 16.6. The Labute approximate surface area is 103 Å². The van der Waals surface area contributed by atoms with E-state index in [1.54, 1.807) is 26.2 Å². The van der Waals surface area contributed by atoms with Crippen LogP contribution >= 0.6 is 0 Å². The van der Waals surface area contributed by atoms with E-state index >= 15 is 0 Å². The van der Waals surface area contributed by atoms with Crippen LogP contribution in [0.3, 0.4) is 0 Å². The first kappa shape index (κ1) is 11.9. The van der Waals surface area contributed by atoms with Gasteiger partial charge in [-0.2, -0.15) is 0 Å². The summed E-state index contributed by atoms with van der Waals surface area (Å²) >= 11 is 0. The van der Waals surface area contributed by atoms with Crippen molar-refractivity contribution in [3.8, 4) is 17.2 Å². The number of rotatable bonds is 3. The lowest BCUT2D eigenvalue weighted by molar-refractivity contribution is 0.210. The predicted octanol–water partition coefficient (Wildman–Crippen LogP) is 1.54. The zero-order valence-electron chi connectivity index (χ0n) is 9.93. The largest absolute Gasteiger partial charge is 0.410 e. The van der Waals surface area contributed by atoms with Gasteiger partial charge in [0.1, 0.15) is 11.4 Å². The molecule has 18 heavy (non-hydrogen) atoms. The second-order valence-electron chi connectivity index (χ2n) is 3.53. The minimum atomic E-state index is -0.922. The van der Waals surface area contributed by atoms with Gasteiger partial charge in [-0.3, -0.25) is 4.98 Å². The van der Waals surface area contributed by atoms with Crippen LogP contribution in [0.5, 0.6) is 5.75 Å². The normalized spacial score (nSPS) is 10.1. The highest BCUT2D eigenvalue weighted by Gasteiger charge is 2.19. The van der Waals surface area contributed by atoms with Gasteiger partial charge in [0, 0.05) is 7.05 Å². The fraction of sp³-hybridized carbons (Fsp3) is 0.182. The molecule has 7 nitrogen and oxygen atoms in total. The number of ether oxygens (including phenoxy) is 1. The summed E-state index contributed by atoms with van der Waals surface area (Å²) in [5, 5.41) is 6.67. The molecular weight excluding hydrogens is 236 g/mol. The van der Waals surface area contributed by atoms with E-state index in [-0.39, 0.29) is 11.5 Å². The van der Waals surface area contributed by atoms with Crippen LogP contribution in [0.4, 0.5) is 10.5 Å². The number of nitrogens with one attached hydrogen (secondary N) is 1. The molecule has 0 atom stereocenters. The number of nitrogens with two attached hydrogens (primary N) is 1. The summed E-state index contributed by atoms with van der Waals surface area (Å²) in [6, 6.07) is 3.54. The highest BCUT2D eigenvalue weighted by Crippen LogP contribution is 2.32. The topological polar surface area (TPSA) is 103 Å². The molecule has 0 radical (unpaired) electrons. The Bertz CT molecular complexity index is 562. The predicted molar refractivity (Wildman–Crippen MR) is 64.2 cm³/mol. The lowest BCUT2D eigenvalue weighted by Gasteiger charge is -2.02. The fourth-order valence-electron chi connectivity index (χ4n) is 1.42. The number of pyridine rings is 1. The van der Waals surface area contributed by atoms with Gasteiger partial charge in [0.2, 0.25) is 11.5 Å². The van der Waals surface area contributed by atoms with Crippen LogP contribution in [-0.2, 0) is 0 Å². The Morgan fingerprint density at radius 1 is 1.50 bits per heavy atom. The summed E-state index contributed by atoms with van der Waals surface area (Å²) in [6.45, 7) is 1.65. The van der Waals surface area contributed by atoms with Crippen LogP contribution in [0.15, 0.2) is 22.9 Å². The third-order valence-corrected chi connectivity index (χ3v) is 2.30. The Hall–Kier alpha value is -2.57. The molecule has 0 aliphatic rings. The van der Waals surface area contributed by atoms with E-state index in [2.05, 4.69) is 15.5 Å². The van der Waals surface area contributed by atoms with Gasteiger partial charge in [-0.25, -0.2) is 4.79 Å². The molecule has 0 aliphatic carbocycles. The number of anilines is 1. The third-order valence-electron chi connectivity index (χ3n) is 2.30. The molecule has 0 bridgehead atoms. The molecule has 1 amide bonds. The van der Waals surface area contributed by atoms with Crippen molar-refractivity contribution >= 4 is 11.8 Å². The Morgan fingerprint density at radius 3 is 2.83 bits per heavy atom. The van der Waals surface area contributed by atoms with Crippen molar-refractivity contribution < 1.29 is 14.1 Å². The van der Waals surface area contributed by atoms with Crippen molar-refractivity contribution in [2.45, 2.75) is 6.92 Å². The van der Waals surface area contributed by atoms with E-state index in [0.29, 0.717) is 11.4 Å². The van der Waals surface area contributed by atoms with Crippen molar-refractivity contribution in [1.29, 1.82) is 0 Å². The SMILES string of the molecule is CNc1ccc(-c2onc(C)c2OC(N)=O)nc1. The summed E-state index contributed by atoms with van der Waals surface area (Å²) in [7, 11) is 1.79. The first-order valence-corrected chi connectivity index (χ1v) is 5.19. The van der Waals surface area contributed by atoms with Crippen LogP contribution in [0.25, 0.3) is 11.5 Å². The zero-order chi connectivity index (χ0) is 13.1. The lowest BCUT2D eigenvalue weighted by atomic mass is 10.2. The molecule has 0 fully saturated rings. The molecule has 2 rings (SSSR count). The maximum absolute atomic E-state index is 10.8. The Morgan fingerprint density at radius 2 is 2.28 bits per heavy atom. The molecule has 0 aliphatic heterocycles. The van der Waals surface area contributed by atoms with Crippen LogP contribution in [0.1, 0.15) is 5.69 Å². The highest BCUT2D eigenvalue weighted by molar-refractivity contribution is 5.73. The molecule has 0 aromatic carbocycles. The number of carbonyl (C=O) groups is 1. The van der Waals surface area contributed by atoms with E-state index < -0.39 is 6.09 Å². The standard InChI is InChI=1S/C11H12N4O3/c1-6-9(17-11(12)16)10(18-15-6)8-4-3-7(13-2)5-14-8/h3-5,13H,1-2H3,(H2,12,16). The van der Waals surface area contributed by atoms with Crippen molar-refractivity contribution in [3.63, 3.8) is 0 Å². The number of hydrogen-bond acceptors (Lipinski definition) is 6. The number of aryl methyl sites for hydroxylation is 1. The van der Waals surface area contributed by atoms with Gasteiger partial charge < -0.3 is 20.3 Å². The van der Waals surface area contributed by atoms with Gasteiger partial charge >= 0.3 is 6.09 Å². The third kappa shape index (κ3) is 2.24. The summed E-state index contributed by atoms with van der Waals surface area (Å²) < 4.78 is 9.94. The molecule has 0 unspecified atom stereocenters. The lowest BCUT2D eigenvalue weighted by Crippen LogP contribution is -2.16. The molecule has 2 aromatic heterocycles. The van der Waals surface area contributed by atoms with Crippen molar-refractivity contribution in [2.75, 3.05) is 12.4 Å². The zero-order valence-corrected chi connectivity index (χ0v) is 9.93. The molecule has 3 N–H and O–H groups in total. The van der Waals surface area contributed by atoms with E-state index in [0.717, 1.165) is 5.69 Å². The van der Waals surface area contributed by atoms with E-state index in [4.69, 9.17) is 15.0 Å². The molecular formula is C11H12N4O3. The van der Waals surface area contributed by atoms with E-state index in [1.165, 1.54) is 0 Å². The van der Waals surface area contributed by atoms with Gasteiger partial charge in [0.05, 0.1) is 11.9 Å². The average molecular weight is 248 g/mol. The number of hydrogen-bond donors (Lipinski definition) is 2. The van der Waals surface area contributed by atoms with Crippen molar-refractivity contribution in [1.82, 2.24) is 10.1 Å². The maximum atomic E-state index is 10.8. The smallest absolute Gasteiger partial charge is 0.404 e. The summed E-state index contributed by atoms with van der Waals surface area (Å²) in [5.41, 5.74) is 6.78. The van der Waals surface area contributed by atoms with Gasteiger partial charge in [0.25, 0.3) is 0 Å². The summed E-state index contributed by atoms with van der Waals surface area (Å²) in [5.74, 6) is 0.459. The van der Waals surface area contributed by atoms with Gasteiger partial charge in [-0.1, -0.05) is 5.16 Å². The maximum Gasteiger partial charge on any atom is 0.410 e. The molecule has 7 heteroatoms. The second kappa shape index (κ2) is 4.74.